The molecular formula is C16H17ClN6O2. The van der Waals surface area contributed by atoms with E-state index in [1.165, 1.54) is 0 Å². The molecular weight excluding hydrogens is 344 g/mol. The smallest absolute Gasteiger partial charge is 0.251 e. The predicted molar refractivity (Wildman–Crippen MR) is 93.8 cm³/mol. The molecule has 9 heteroatoms. The highest BCUT2D eigenvalue weighted by Crippen LogP contribution is 2.10. The van der Waals surface area contributed by atoms with Gasteiger partial charge in [0.1, 0.15) is 5.82 Å². The molecule has 2 heterocycles. The molecule has 0 radical (unpaired) electrons. The Morgan fingerprint density at radius 1 is 1.20 bits per heavy atom. The third-order valence-electron chi connectivity index (χ3n) is 3.47. The van der Waals surface area contributed by atoms with E-state index in [2.05, 4.69) is 25.9 Å². The first-order valence-corrected chi connectivity index (χ1v) is 8.15. The van der Waals surface area contributed by atoms with Gasteiger partial charge in [-0.1, -0.05) is 17.7 Å². The number of fused-ring (bicyclic) bond motifs is 1. The minimum atomic E-state index is -0.199. The molecule has 0 saturated heterocycles. The van der Waals surface area contributed by atoms with Crippen LogP contribution in [-0.4, -0.2) is 50.5 Å². The number of anilines is 1. The van der Waals surface area contributed by atoms with Gasteiger partial charge in [-0.2, -0.15) is 4.52 Å². The number of carbonyl (C=O) groups excluding carboxylic acids is 1. The van der Waals surface area contributed by atoms with Crippen LogP contribution in [0.3, 0.4) is 0 Å². The number of halogens is 1. The normalized spacial score (nSPS) is 10.8. The Hall–Kier alpha value is -2.71. The van der Waals surface area contributed by atoms with Crippen LogP contribution in [0, 0.1) is 0 Å². The van der Waals surface area contributed by atoms with Gasteiger partial charge in [0, 0.05) is 30.1 Å². The molecule has 0 aliphatic carbocycles. The third-order valence-corrected chi connectivity index (χ3v) is 3.70. The van der Waals surface area contributed by atoms with Crippen LogP contribution in [0.5, 0.6) is 0 Å². The van der Waals surface area contributed by atoms with Gasteiger partial charge in [0.05, 0.1) is 6.61 Å². The Morgan fingerprint density at radius 2 is 2.08 bits per heavy atom. The van der Waals surface area contributed by atoms with Crippen LogP contribution in [-0.2, 0) is 6.42 Å². The standard InChI is InChI=1S/C16H17ClN6O2/c17-12-3-1-2-11(10-12)16(25)19-7-6-15-21-20-14-5-4-13(18-8-9-24)22-23(14)15/h1-5,10,24H,6-9H2,(H,18,22)(H,19,25). The monoisotopic (exact) mass is 360 g/mol. The number of rotatable bonds is 7. The summed E-state index contributed by atoms with van der Waals surface area (Å²) in [5.41, 5.74) is 1.12. The van der Waals surface area contributed by atoms with Gasteiger partial charge < -0.3 is 15.7 Å². The maximum absolute atomic E-state index is 12.1. The summed E-state index contributed by atoms with van der Waals surface area (Å²) in [5.74, 6) is 1.05. The van der Waals surface area contributed by atoms with Crippen molar-refractivity contribution < 1.29 is 9.90 Å². The molecule has 130 valence electrons. The van der Waals surface area contributed by atoms with E-state index in [9.17, 15) is 4.79 Å². The van der Waals surface area contributed by atoms with Crippen molar-refractivity contribution in [2.75, 3.05) is 25.0 Å². The Morgan fingerprint density at radius 3 is 2.88 bits per heavy atom. The molecule has 3 aromatic rings. The van der Waals surface area contributed by atoms with E-state index < -0.39 is 0 Å². The Bertz CT molecular complexity index is 882. The van der Waals surface area contributed by atoms with Crippen molar-refractivity contribution in [3.63, 3.8) is 0 Å². The molecule has 8 nitrogen and oxygen atoms in total. The average Bonchev–Trinajstić information content (AvgIpc) is 3.02. The van der Waals surface area contributed by atoms with E-state index in [1.54, 1.807) is 40.9 Å². The van der Waals surface area contributed by atoms with Crippen molar-refractivity contribution in [2.45, 2.75) is 6.42 Å². The second-order valence-corrected chi connectivity index (χ2v) is 5.71. The lowest BCUT2D eigenvalue weighted by molar-refractivity contribution is 0.0954. The largest absolute Gasteiger partial charge is 0.395 e. The zero-order chi connectivity index (χ0) is 17.6. The molecule has 0 bridgehead atoms. The average molecular weight is 361 g/mol. The highest BCUT2D eigenvalue weighted by atomic mass is 35.5. The SMILES string of the molecule is O=C(NCCc1nnc2ccc(NCCO)nn12)c1cccc(Cl)c1. The third kappa shape index (κ3) is 4.23. The summed E-state index contributed by atoms with van der Waals surface area (Å²) in [6.07, 6.45) is 0.476. The molecule has 0 saturated carbocycles. The van der Waals surface area contributed by atoms with E-state index in [1.807, 2.05) is 0 Å². The van der Waals surface area contributed by atoms with Gasteiger partial charge in [0.15, 0.2) is 11.5 Å². The number of aliphatic hydroxyl groups excluding tert-OH is 1. The number of nitrogens with one attached hydrogen (secondary N) is 2. The molecule has 0 unspecified atom stereocenters. The van der Waals surface area contributed by atoms with Crippen LogP contribution >= 0.6 is 11.6 Å². The van der Waals surface area contributed by atoms with Crippen molar-refractivity contribution in [3.05, 3.63) is 52.8 Å². The van der Waals surface area contributed by atoms with E-state index in [-0.39, 0.29) is 12.5 Å². The fourth-order valence-corrected chi connectivity index (χ4v) is 2.48. The Kier molecular flexibility index (Phi) is 5.42. The molecule has 0 aliphatic heterocycles. The van der Waals surface area contributed by atoms with E-state index in [0.717, 1.165) is 0 Å². The fraction of sp³-hybridized carbons (Fsp3) is 0.250. The highest BCUT2D eigenvalue weighted by molar-refractivity contribution is 6.30. The van der Waals surface area contributed by atoms with E-state index >= 15 is 0 Å². The first-order chi connectivity index (χ1) is 12.2. The van der Waals surface area contributed by atoms with Crippen LogP contribution < -0.4 is 10.6 Å². The van der Waals surface area contributed by atoms with Gasteiger partial charge in [-0.15, -0.1) is 15.3 Å². The van der Waals surface area contributed by atoms with E-state index in [0.29, 0.717) is 47.4 Å². The van der Waals surface area contributed by atoms with Gasteiger partial charge >= 0.3 is 0 Å². The zero-order valence-corrected chi connectivity index (χ0v) is 14.1. The van der Waals surface area contributed by atoms with Gasteiger partial charge in [-0.25, -0.2) is 0 Å². The van der Waals surface area contributed by atoms with Crippen molar-refractivity contribution in [1.82, 2.24) is 25.1 Å². The lowest BCUT2D eigenvalue weighted by atomic mass is 10.2. The number of carbonyl (C=O) groups is 1. The van der Waals surface area contributed by atoms with Crippen LogP contribution in [0.4, 0.5) is 5.82 Å². The maximum atomic E-state index is 12.1. The van der Waals surface area contributed by atoms with Crippen LogP contribution in [0.25, 0.3) is 5.65 Å². The maximum Gasteiger partial charge on any atom is 0.251 e. The first kappa shape index (κ1) is 17.1. The quantitative estimate of drug-likeness (QED) is 0.584. The second kappa shape index (κ2) is 7.91. The minimum absolute atomic E-state index is 0.0181. The summed E-state index contributed by atoms with van der Waals surface area (Å²) in [4.78, 5) is 12.1. The molecule has 2 aromatic heterocycles. The molecule has 1 amide bonds. The minimum Gasteiger partial charge on any atom is -0.395 e. The summed E-state index contributed by atoms with van der Waals surface area (Å²) in [5, 5.41) is 27.7. The topological polar surface area (TPSA) is 104 Å². The summed E-state index contributed by atoms with van der Waals surface area (Å²) in [7, 11) is 0. The highest BCUT2D eigenvalue weighted by Gasteiger charge is 2.09. The zero-order valence-electron chi connectivity index (χ0n) is 13.3. The van der Waals surface area contributed by atoms with Gasteiger partial charge in [-0.05, 0) is 30.3 Å². The number of aromatic nitrogens is 4. The molecule has 0 aliphatic rings. The predicted octanol–water partition coefficient (Wildman–Crippen LogP) is 1.15. The van der Waals surface area contributed by atoms with Crippen LogP contribution in [0.15, 0.2) is 36.4 Å². The van der Waals surface area contributed by atoms with Crippen molar-refractivity contribution in [3.8, 4) is 0 Å². The van der Waals surface area contributed by atoms with Gasteiger partial charge in [0.2, 0.25) is 0 Å². The van der Waals surface area contributed by atoms with Crippen molar-refractivity contribution in [1.29, 1.82) is 0 Å². The summed E-state index contributed by atoms with van der Waals surface area (Å²) in [6.45, 7) is 0.818. The Balaban J connectivity index is 1.63. The lowest BCUT2D eigenvalue weighted by Crippen LogP contribution is -2.26. The van der Waals surface area contributed by atoms with Crippen LogP contribution in [0.2, 0.25) is 5.02 Å². The number of benzene rings is 1. The van der Waals surface area contributed by atoms with Gasteiger partial charge in [-0.3, -0.25) is 4.79 Å². The summed E-state index contributed by atoms with van der Waals surface area (Å²) in [6, 6.07) is 10.3. The van der Waals surface area contributed by atoms with E-state index in [4.69, 9.17) is 16.7 Å². The molecule has 0 spiro atoms. The van der Waals surface area contributed by atoms with Gasteiger partial charge in [0.25, 0.3) is 5.91 Å². The number of hydrogen-bond acceptors (Lipinski definition) is 6. The summed E-state index contributed by atoms with van der Waals surface area (Å²) >= 11 is 5.89. The van der Waals surface area contributed by atoms with Crippen molar-refractivity contribution >= 4 is 29.0 Å². The second-order valence-electron chi connectivity index (χ2n) is 5.27. The number of aliphatic hydroxyl groups is 1. The molecule has 25 heavy (non-hydrogen) atoms. The molecule has 0 atom stereocenters. The van der Waals surface area contributed by atoms with Crippen LogP contribution in [0.1, 0.15) is 16.2 Å². The molecule has 1 aromatic carbocycles. The molecule has 0 fully saturated rings. The first-order valence-electron chi connectivity index (χ1n) is 7.77. The van der Waals surface area contributed by atoms with Crippen molar-refractivity contribution in [2.24, 2.45) is 0 Å². The molecule has 3 N–H and O–H groups in total. The summed E-state index contributed by atoms with van der Waals surface area (Å²) < 4.78 is 1.62. The number of amides is 1. The number of hydrogen-bond donors (Lipinski definition) is 3. The fourth-order valence-electron chi connectivity index (χ4n) is 2.29. The molecule has 3 rings (SSSR count). The Labute approximate surface area is 148 Å². The lowest BCUT2D eigenvalue weighted by Gasteiger charge is -2.06. The number of nitrogens with zero attached hydrogens (tertiary/aromatic N) is 4.